The molecule has 0 unspecified atom stereocenters. The summed E-state index contributed by atoms with van der Waals surface area (Å²) in [7, 11) is 1.68. The van der Waals surface area contributed by atoms with Crippen molar-refractivity contribution >= 4 is 15.9 Å². The van der Waals surface area contributed by atoms with Crippen LogP contribution in [0.3, 0.4) is 0 Å². The maximum atomic E-state index is 5.22. The van der Waals surface area contributed by atoms with E-state index in [0.717, 1.165) is 36.3 Å². The zero-order valence-corrected chi connectivity index (χ0v) is 12.4. The molecule has 0 radical (unpaired) electrons. The zero-order chi connectivity index (χ0) is 13.5. The summed E-state index contributed by atoms with van der Waals surface area (Å²) in [5.41, 5.74) is 1.19. The third kappa shape index (κ3) is 4.33. The lowest BCUT2D eigenvalue weighted by atomic mass is 10.2. The number of aromatic nitrogens is 3. The van der Waals surface area contributed by atoms with Crippen molar-refractivity contribution < 1.29 is 4.74 Å². The van der Waals surface area contributed by atoms with Gasteiger partial charge in [-0.25, -0.2) is 0 Å². The third-order valence-electron chi connectivity index (χ3n) is 2.78. The van der Waals surface area contributed by atoms with Crippen LogP contribution >= 0.6 is 15.9 Å². The minimum atomic E-state index is 0.815. The van der Waals surface area contributed by atoms with Crippen LogP contribution in [0.1, 0.15) is 12.0 Å². The fraction of sp³-hybridized carbons (Fsp3) is 0.385. The lowest BCUT2D eigenvalue weighted by molar-refractivity contribution is 0.414. The van der Waals surface area contributed by atoms with Crippen molar-refractivity contribution in [3.63, 3.8) is 0 Å². The number of nitrogens with zero attached hydrogens (tertiary/aromatic N) is 3. The Balaban J connectivity index is 1.73. The molecule has 102 valence electrons. The van der Waals surface area contributed by atoms with Gasteiger partial charge in [0.15, 0.2) is 0 Å². The van der Waals surface area contributed by atoms with Gasteiger partial charge in [0.05, 0.1) is 13.3 Å². The first kappa shape index (κ1) is 14.0. The smallest absolute Gasteiger partial charge is 0.119 e. The first-order valence-electron chi connectivity index (χ1n) is 6.17. The second-order valence-corrected chi connectivity index (χ2v) is 5.01. The van der Waals surface area contributed by atoms with Gasteiger partial charge in [-0.3, -0.25) is 4.68 Å². The van der Waals surface area contributed by atoms with Gasteiger partial charge in [-0.15, -0.1) is 5.10 Å². The molecule has 0 fully saturated rings. The fourth-order valence-electron chi connectivity index (χ4n) is 1.75. The maximum absolute atomic E-state index is 5.22. The fourth-order valence-corrected chi connectivity index (χ4v) is 2.14. The van der Waals surface area contributed by atoms with Crippen LogP contribution in [0.15, 0.2) is 35.1 Å². The topological polar surface area (TPSA) is 52.0 Å². The number of ether oxygens (including phenoxy) is 1. The molecular formula is C13H17BrN4O. The molecule has 6 heteroatoms. The van der Waals surface area contributed by atoms with Gasteiger partial charge >= 0.3 is 0 Å². The molecule has 1 heterocycles. The Hall–Kier alpha value is -1.40. The molecule has 1 aromatic heterocycles. The van der Waals surface area contributed by atoms with E-state index in [1.165, 1.54) is 5.56 Å². The lowest BCUT2D eigenvalue weighted by Crippen LogP contribution is -2.17. The van der Waals surface area contributed by atoms with Gasteiger partial charge < -0.3 is 10.1 Å². The molecule has 2 aromatic rings. The standard InChI is InChI=1S/C13H17BrN4O/c1-19-12-3-4-13(14)11(9-12)10-15-5-2-7-18-8-6-16-17-18/h3-4,6,8-9,15H,2,5,7,10H2,1H3. The van der Waals surface area contributed by atoms with E-state index >= 15 is 0 Å². The van der Waals surface area contributed by atoms with E-state index in [0.29, 0.717) is 0 Å². The largest absolute Gasteiger partial charge is 0.497 e. The van der Waals surface area contributed by atoms with E-state index in [2.05, 4.69) is 31.6 Å². The first-order valence-corrected chi connectivity index (χ1v) is 6.96. The molecule has 0 saturated heterocycles. The van der Waals surface area contributed by atoms with Crippen molar-refractivity contribution in [2.75, 3.05) is 13.7 Å². The van der Waals surface area contributed by atoms with Gasteiger partial charge in [0.25, 0.3) is 0 Å². The Morgan fingerprint density at radius 2 is 2.32 bits per heavy atom. The van der Waals surface area contributed by atoms with Crippen LogP contribution in [-0.4, -0.2) is 28.6 Å². The van der Waals surface area contributed by atoms with Crippen molar-refractivity contribution in [2.24, 2.45) is 0 Å². The second-order valence-electron chi connectivity index (χ2n) is 4.15. The molecule has 0 spiro atoms. The van der Waals surface area contributed by atoms with E-state index in [-0.39, 0.29) is 0 Å². The molecule has 0 aliphatic rings. The quantitative estimate of drug-likeness (QED) is 0.793. The average Bonchev–Trinajstić information content (AvgIpc) is 2.93. The Kier molecular flexibility index (Phi) is 5.35. The van der Waals surface area contributed by atoms with Gasteiger partial charge in [-0.05, 0) is 36.7 Å². The summed E-state index contributed by atoms with van der Waals surface area (Å²) in [6.07, 6.45) is 4.59. The summed E-state index contributed by atoms with van der Waals surface area (Å²) in [6, 6.07) is 5.98. The van der Waals surface area contributed by atoms with Gasteiger partial charge in [-0.2, -0.15) is 0 Å². The predicted molar refractivity (Wildman–Crippen MR) is 77.0 cm³/mol. The normalized spacial score (nSPS) is 10.6. The van der Waals surface area contributed by atoms with Gasteiger partial charge in [0.2, 0.25) is 0 Å². The molecule has 1 aromatic carbocycles. The summed E-state index contributed by atoms with van der Waals surface area (Å²) in [5.74, 6) is 0.877. The van der Waals surface area contributed by atoms with Crippen LogP contribution in [0.5, 0.6) is 5.75 Å². The highest BCUT2D eigenvalue weighted by molar-refractivity contribution is 9.10. The monoisotopic (exact) mass is 324 g/mol. The van der Waals surface area contributed by atoms with Crippen molar-refractivity contribution in [1.82, 2.24) is 20.3 Å². The molecule has 0 saturated carbocycles. The molecule has 0 amide bonds. The molecule has 5 nitrogen and oxygen atoms in total. The number of aryl methyl sites for hydroxylation is 1. The van der Waals surface area contributed by atoms with Crippen LogP contribution in [0.25, 0.3) is 0 Å². The molecule has 0 atom stereocenters. The number of nitrogens with one attached hydrogen (secondary N) is 1. The van der Waals surface area contributed by atoms with Crippen LogP contribution in [0.4, 0.5) is 0 Å². The predicted octanol–water partition coefficient (Wildman–Crippen LogP) is 2.23. The zero-order valence-electron chi connectivity index (χ0n) is 10.8. The molecule has 0 aliphatic heterocycles. The van der Waals surface area contributed by atoms with Crippen LogP contribution in [-0.2, 0) is 13.1 Å². The van der Waals surface area contributed by atoms with Gasteiger partial charge in [0, 0.05) is 23.8 Å². The number of benzene rings is 1. The van der Waals surface area contributed by atoms with Crippen molar-refractivity contribution in [2.45, 2.75) is 19.5 Å². The van der Waals surface area contributed by atoms with Crippen LogP contribution < -0.4 is 10.1 Å². The highest BCUT2D eigenvalue weighted by atomic mass is 79.9. The van der Waals surface area contributed by atoms with Gasteiger partial charge in [-0.1, -0.05) is 21.1 Å². The SMILES string of the molecule is COc1ccc(Br)c(CNCCCn2ccnn2)c1. The molecule has 0 bridgehead atoms. The average molecular weight is 325 g/mol. The molecule has 2 rings (SSSR count). The highest BCUT2D eigenvalue weighted by Gasteiger charge is 2.01. The van der Waals surface area contributed by atoms with Crippen LogP contribution in [0.2, 0.25) is 0 Å². The lowest BCUT2D eigenvalue weighted by Gasteiger charge is -2.09. The first-order chi connectivity index (χ1) is 9.29. The van der Waals surface area contributed by atoms with Crippen molar-refractivity contribution in [1.29, 1.82) is 0 Å². The van der Waals surface area contributed by atoms with Crippen LogP contribution in [0, 0.1) is 0 Å². The van der Waals surface area contributed by atoms with E-state index in [1.54, 1.807) is 13.3 Å². The minimum absolute atomic E-state index is 0.815. The molecule has 19 heavy (non-hydrogen) atoms. The van der Waals surface area contributed by atoms with Crippen molar-refractivity contribution in [3.05, 3.63) is 40.6 Å². The number of hydrogen-bond donors (Lipinski definition) is 1. The molecular weight excluding hydrogens is 308 g/mol. The third-order valence-corrected chi connectivity index (χ3v) is 3.55. The number of hydrogen-bond acceptors (Lipinski definition) is 4. The Labute approximate surface area is 121 Å². The highest BCUT2D eigenvalue weighted by Crippen LogP contribution is 2.22. The number of methoxy groups -OCH3 is 1. The molecule has 1 N–H and O–H groups in total. The van der Waals surface area contributed by atoms with E-state index in [4.69, 9.17) is 4.74 Å². The summed E-state index contributed by atoms with van der Waals surface area (Å²) >= 11 is 3.54. The van der Waals surface area contributed by atoms with Gasteiger partial charge in [0.1, 0.15) is 5.75 Å². The molecule has 0 aliphatic carbocycles. The van der Waals surface area contributed by atoms with E-state index < -0.39 is 0 Å². The minimum Gasteiger partial charge on any atom is -0.497 e. The van der Waals surface area contributed by atoms with E-state index in [9.17, 15) is 0 Å². The summed E-state index contributed by atoms with van der Waals surface area (Å²) in [6.45, 7) is 2.63. The Morgan fingerprint density at radius 1 is 1.42 bits per heavy atom. The summed E-state index contributed by atoms with van der Waals surface area (Å²) in [4.78, 5) is 0. The van der Waals surface area contributed by atoms with E-state index in [1.807, 2.05) is 29.1 Å². The number of halogens is 1. The summed E-state index contributed by atoms with van der Waals surface area (Å²) < 4.78 is 8.15. The second kappa shape index (κ2) is 7.25. The Morgan fingerprint density at radius 3 is 3.05 bits per heavy atom. The van der Waals surface area contributed by atoms with Crippen molar-refractivity contribution in [3.8, 4) is 5.75 Å². The number of rotatable bonds is 7. The summed E-state index contributed by atoms with van der Waals surface area (Å²) in [5, 5.41) is 11.1. The Bertz CT molecular complexity index is 501. The maximum Gasteiger partial charge on any atom is 0.119 e.